The van der Waals surface area contributed by atoms with Crippen molar-refractivity contribution in [1.29, 1.82) is 5.41 Å². The summed E-state index contributed by atoms with van der Waals surface area (Å²) in [6, 6.07) is 22.6. The Morgan fingerprint density at radius 1 is 1.06 bits per heavy atom. The highest BCUT2D eigenvalue weighted by molar-refractivity contribution is 5.99. The minimum Gasteiger partial charge on any atom is -0.384 e. The molecule has 4 aromatic rings. The number of piperidine rings is 1. The average molecular weight is 442 g/mol. The van der Waals surface area contributed by atoms with E-state index in [1.807, 2.05) is 24.3 Å². The molecule has 6 heteroatoms. The zero-order valence-corrected chi connectivity index (χ0v) is 18.7. The van der Waals surface area contributed by atoms with Crippen LogP contribution in [-0.2, 0) is 6.54 Å². The van der Waals surface area contributed by atoms with Crippen LogP contribution in [0.3, 0.4) is 0 Å². The molecule has 0 saturated carbocycles. The van der Waals surface area contributed by atoms with Crippen molar-refractivity contribution in [2.45, 2.75) is 25.6 Å². The molecule has 0 bridgehead atoms. The summed E-state index contributed by atoms with van der Waals surface area (Å²) in [6.07, 6.45) is 1.48. The summed E-state index contributed by atoms with van der Waals surface area (Å²) >= 11 is 0. The van der Waals surface area contributed by atoms with Gasteiger partial charge in [-0.1, -0.05) is 54.6 Å². The van der Waals surface area contributed by atoms with Crippen molar-refractivity contribution < 1.29 is 5.11 Å². The minimum atomic E-state index is -0.775. The molecule has 0 radical (unpaired) electrons. The standard InChI is InChI=1S/C27H31N5O/c28-26(29)21-9-8-20-14-25(27(33)31-16-18-10-12-30-13-11-18)32(24(20)15-21)17-22-6-3-5-19-4-1-2-7-23(19)22/h1-9,14-15,18,27,30-31,33H,10-13,16-17H2,(H3,28,29). The van der Waals surface area contributed by atoms with Gasteiger partial charge < -0.3 is 20.7 Å². The highest BCUT2D eigenvalue weighted by atomic mass is 16.3. The molecule has 1 saturated heterocycles. The molecule has 1 aliphatic heterocycles. The number of benzene rings is 3. The van der Waals surface area contributed by atoms with Crippen molar-refractivity contribution in [3.63, 3.8) is 0 Å². The highest BCUT2D eigenvalue weighted by Gasteiger charge is 2.20. The Labute approximate surface area is 193 Å². The van der Waals surface area contributed by atoms with Gasteiger partial charge in [0.25, 0.3) is 0 Å². The van der Waals surface area contributed by atoms with Gasteiger partial charge in [-0.05, 0) is 60.3 Å². The summed E-state index contributed by atoms with van der Waals surface area (Å²) in [7, 11) is 0. The Kier molecular flexibility index (Phi) is 6.13. The van der Waals surface area contributed by atoms with Crippen molar-refractivity contribution >= 4 is 27.5 Å². The van der Waals surface area contributed by atoms with Crippen LogP contribution in [0.5, 0.6) is 0 Å². The molecule has 1 aromatic heterocycles. The lowest BCUT2D eigenvalue weighted by molar-refractivity contribution is 0.122. The quantitative estimate of drug-likeness (QED) is 0.172. The van der Waals surface area contributed by atoms with Crippen LogP contribution in [0.2, 0.25) is 0 Å². The molecule has 1 fully saturated rings. The number of aromatic nitrogens is 1. The molecule has 170 valence electrons. The predicted molar refractivity (Wildman–Crippen MR) is 135 cm³/mol. The van der Waals surface area contributed by atoms with E-state index < -0.39 is 6.23 Å². The Balaban J connectivity index is 1.53. The third kappa shape index (κ3) is 4.50. The van der Waals surface area contributed by atoms with E-state index >= 15 is 0 Å². The largest absolute Gasteiger partial charge is 0.384 e. The smallest absolute Gasteiger partial charge is 0.146 e. The number of aliphatic hydroxyl groups excluding tert-OH is 1. The summed E-state index contributed by atoms with van der Waals surface area (Å²) in [5.74, 6) is 0.613. The maximum Gasteiger partial charge on any atom is 0.146 e. The van der Waals surface area contributed by atoms with E-state index in [0.29, 0.717) is 18.0 Å². The van der Waals surface area contributed by atoms with Gasteiger partial charge >= 0.3 is 0 Å². The van der Waals surface area contributed by atoms with Crippen molar-refractivity contribution in [3.8, 4) is 0 Å². The maximum atomic E-state index is 11.2. The Hall–Kier alpha value is -3.19. The number of nitrogen functional groups attached to an aromatic ring is 1. The maximum absolute atomic E-state index is 11.2. The summed E-state index contributed by atoms with van der Waals surface area (Å²) in [4.78, 5) is 0. The summed E-state index contributed by atoms with van der Waals surface area (Å²) < 4.78 is 2.16. The van der Waals surface area contributed by atoms with Crippen LogP contribution in [0.1, 0.15) is 35.9 Å². The zero-order valence-electron chi connectivity index (χ0n) is 18.7. The fraction of sp³-hybridized carbons (Fsp3) is 0.296. The van der Waals surface area contributed by atoms with Crippen molar-refractivity contribution in [2.24, 2.45) is 11.7 Å². The molecule has 0 aliphatic carbocycles. The number of nitrogens with one attached hydrogen (secondary N) is 3. The fourth-order valence-corrected chi connectivity index (χ4v) is 4.92. The number of hydrogen-bond acceptors (Lipinski definition) is 4. The van der Waals surface area contributed by atoms with Gasteiger partial charge in [0.15, 0.2) is 0 Å². The zero-order chi connectivity index (χ0) is 22.8. The van der Waals surface area contributed by atoms with Crippen molar-refractivity contribution in [1.82, 2.24) is 15.2 Å². The van der Waals surface area contributed by atoms with E-state index in [1.165, 1.54) is 16.3 Å². The molecule has 6 nitrogen and oxygen atoms in total. The Morgan fingerprint density at radius 2 is 1.85 bits per heavy atom. The Bertz CT molecular complexity index is 1280. The van der Waals surface area contributed by atoms with Crippen LogP contribution in [0, 0.1) is 11.3 Å². The van der Waals surface area contributed by atoms with Gasteiger partial charge in [-0.15, -0.1) is 0 Å². The van der Waals surface area contributed by atoms with E-state index in [4.69, 9.17) is 11.1 Å². The second kappa shape index (κ2) is 9.35. The molecule has 5 rings (SSSR count). The van der Waals surface area contributed by atoms with Gasteiger partial charge in [-0.3, -0.25) is 10.7 Å². The molecular formula is C27H31N5O. The molecule has 33 heavy (non-hydrogen) atoms. The molecule has 0 spiro atoms. The molecule has 2 heterocycles. The molecule has 0 amide bonds. The topological polar surface area (TPSA) is 99.1 Å². The van der Waals surface area contributed by atoms with Crippen molar-refractivity contribution in [3.05, 3.63) is 83.6 Å². The lowest BCUT2D eigenvalue weighted by Gasteiger charge is -2.25. The van der Waals surface area contributed by atoms with Crippen LogP contribution in [0.15, 0.2) is 66.7 Å². The molecule has 3 aromatic carbocycles. The molecule has 1 atom stereocenters. The monoisotopic (exact) mass is 441 g/mol. The van der Waals surface area contributed by atoms with E-state index in [-0.39, 0.29) is 5.84 Å². The first-order valence-corrected chi connectivity index (χ1v) is 11.7. The van der Waals surface area contributed by atoms with Gasteiger partial charge in [-0.25, -0.2) is 0 Å². The van der Waals surface area contributed by atoms with Crippen LogP contribution in [-0.4, -0.2) is 35.1 Å². The van der Waals surface area contributed by atoms with Crippen LogP contribution in [0.4, 0.5) is 0 Å². The number of rotatable bonds is 7. The summed E-state index contributed by atoms with van der Waals surface area (Å²) in [5, 5.41) is 29.3. The molecule has 6 N–H and O–H groups in total. The molecule has 1 unspecified atom stereocenters. The highest BCUT2D eigenvalue weighted by Crippen LogP contribution is 2.28. The number of aliphatic hydroxyl groups is 1. The lowest BCUT2D eigenvalue weighted by atomic mass is 9.98. The van der Waals surface area contributed by atoms with E-state index in [0.717, 1.165) is 49.1 Å². The number of amidine groups is 1. The van der Waals surface area contributed by atoms with Gasteiger partial charge in [0.1, 0.15) is 12.1 Å². The normalized spacial score (nSPS) is 15.8. The molecular weight excluding hydrogens is 410 g/mol. The number of nitrogens with zero attached hydrogens (tertiary/aromatic N) is 1. The third-order valence-electron chi connectivity index (χ3n) is 6.79. The van der Waals surface area contributed by atoms with Crippen molar-refractivity contribution in [2.75, 3.05) is 19.6 Å². The predicted octanol–water partition coefficient (Wildman–Crippen LogP) is 3.71. The van der Waals surface area contributed by atoms with Crippen LogP contribution >= 0.6 is 0 Å². The third-order valence-corrected chi connectivity index (χ3v) is 6.79. The fourth-order valence-electron chi connectivity index (χ4n) is 4.92. The number of fused-ring (bicyclic) bond motifs is 2. The van der Waals surface area contributed by atoms with Gasteiger partial charge in [0.2, 0.25) is 0 Å². The van der Waals surface area contributed by atoms with Gasteiger partial charge in [0.05, 0.1) is 5.69 Å². The first-order chi connectivity index (χ1) is 16.1. The second-order valence-electron chi connectivity index (χ2n) is 8.99. The van der Waals surface area contributed by atoms with E-state index in [1.54, 1.807) is 0 Å². The van der Waals surface area contributed by atoms with E-state index in [2.05, 4.69) is 57.7 Å². The first-order valence-electron chi connectivity index (χ1n) is 11.7. The lowest BCUT2D eigenvalue weighted by Crippen LogP contribution is -2.35. The van der Waals surface area contributed by atoms with Crippen LogP contribution in [0.25, 0.3) is 21.7 Å². The minimum absolute atomic E-state index is 0.0425. The van der Waals surface area contributed by atoms with Crippen LogP contribution < -0.4 is 16.4 Å². The SMILES string of the molecule is N=C(N)c1ccc2cc(C(O)NCC3CCNCC3)n(Cc3cccc4ccccc34)c2c1. The second-order valence-corrected chi connectivity index (χ2v) is 8.99. The summed E-state index contributed by atoms with van der Waals surface area (Å²) in [6.45, 7) is 3.49. The number of nitrogens with two attached hydrogens (primary N) is 1. The first kappa shape index (κ1) is 21.6. The summed E-state index contributed by atoms with van der Waals surface area (Å²) in [5.41, 5.74) is 9.45. The van der Waals surface area contributed by atoms with E-state index in [9.17, 15) is 5.11 Å². The number of hydrogen-bond donors (Lipinski definition) is 5. The van der Waals surface area contributed by atoms with Gasteiger partial charge in [0, 0.05) is 29.6 Å². The van der Waals surface area contributed by atoms with Gasteiger partial charge in [-0.2, -0.15) is 0 Å². The molecule has 1 aliphatic rings. The Morgan fingerprint density at radius 3 is 2.67 bits per heavy atom. The average Bonchev–Trinajstić information content (AvgIpc) is 3.21.